The molecule has 5 rings (SSSR count). The quantitative estimate of drug-likeness (QED) is 0.0848. The number of hydrogen-bond acceptors (Lipinski definition) is 6. The lowest BCUT2D eigenvalue weighted by Gasteiger charge is -2.31. The minimum absolute atomic E-state index is 0.145. The fourth-order valence-corrected chi connectivity index (χ4v) is 6.04. The van der Waals surface area contributed by atoms with E-state index < -0.39 is 5.60 Å². The van der Waals surface area contributed by atoms with Gasteiger partial charge < -0.3 is 33.2 Å². The Morgan fingerprint density at radius 2 is 1.38 bits per heavy atom. The van der Waals surface area contributed by atoms with Gasteiger partial charge in [0.15, 0.2) is 0 Å². The molecule has 0 radical (unpaired) electrons. The molecule has 4 aromatic carbocycles. The molecule has 0 aliphatic rings. The van der Waals surface area contributed by atoms with Crippen LogP contribution in [0.3, 0.4) is 0 Å². The van der Waals surface area contributed by atoms with Gasteiger partial charge in [0.05, 0.1) is 26.3 Å². The van der Waals surface area contributed by atoms with E-state index in [-0.39, 0.29) is 5.92 Å². The van der Waals surface area contributed by atoms with Crippen LogP contribution < -0.4 is 23.8 Å². The molecule has 0 aliphatic carbocycles. The Labute approximate surface area is 302 Å². The van der Waals surface area contributed by atoms with Crippen molar-refractivity contribution < 1.29 is 23.7 Å². The van der Waals surface area contributed by atoms with Crippen LogP contribution in [0.5, 0.6) is 23.0 Å². The topological polar surface area (TPSA) is 54.3 Å². The molecule has 0 spiro atoms. The molecule has 0 saturated heterocycles. The van der Waals surface area contributed by atoms with Crippen LogP contribution in [-0.4, -0.2) is 35.9 Å². The number of methoxy groups -OCH3 is 2. The minimum Gasteiger partial charge on any atom is -0.497 e. The molecule has 0 amide bonds. The predicted octanol–water partition coefficient (Wildman–Crippen LogP) is 9.99. The zero-order chi connectivity index (χ0) is 36.0. The van der Waals surface area contributed by atoms with Crippen molar-refractivity contribution in [2.75, 3.05) is 25.7 Å². The number of ether oxygens (including phenoxy) is 5. The highest BCUT2D eigenvalue weighted by molar-refractivity contribution is 7.81. The highest BCUT2D eigenvalue weighted by atomic mass is 32.1. The van der Waals surface area contributed by atoms with Crippen molar-refractivity contribution in [1.82, 2.24) is 4.57 Å². The normalized spacial score (nSPS) is 11.4. The van der Waals surface area contributed by atoms with E-state index in [4.69, 9.17) is 35.9 Å². The maximum Gasteiger partial charge on any atom is 0.133 e. The van der Waals surface area contributed by atoms with Gasteiger partial charge in [0.2, 0.25) is 0 Å². The van der Waals surface area contributed by atoms with Crippen molar-refractivity contribution in [3.63, 3.8) is 0 Å². The van der Waals surface area contributed by atoms with Crippen LogP contribution in [0, 0.1) is 0 Å². The first-order valence-electron chi connectivity index (χ1n) is 16.8. The molecule has 0 unspecified atom stereocenters. The molecule has 50 heavy (non-hydrogen) atoms. The molecule has 0 fully saturated rings. The Morgan fingerprint density at radius 1 is 0.800 bits per heavy atom. The summed E-state index contributed by atoms with van der Waals surface area (Å²) >= 11 is 6.39. The van der Waals surface area contributed by atoms with Gasteiger partial charge in [0, 0.05) is 35.9 Å². The van der Waals surface area contributed by atoms with Gasteiger partial charge >= 0.3 is 0 Å². The van der Waals surface area contributed by atoms with Gasteiger partial charge in [0.25, 0.3) is 0 Å². The molecule has 1 heterocycles. The zero-order valence-corrected chi connectivity index (χ0v) is 31.2. The second-order valence-electron chi connectivity index (χ2n) is 13.6. The molecule has 262 valence electrons. The van der Waals surface area contributed by atoms with E-state index in [1.54, 1.807) is 14.2 Å². The summed E-state index contributed by atoms with van der Waals surface area (Å²) in [6.07, 6.45) is 2.06. The number of aromatic nitrogens is 1. The number of hydrogen-bond donors (Lipinski definition) is 0. The van der Waals surface area contributed by atoms with E-state index in [1.807, 2.05) is 82.4 Å². The summed E-state index contributed by atoms with van der Waals surface area (Å²) in [7, 11) is 5.36. The van der Waals surface area contributed by atoms with Gasteiger partial charge in [-0.25, -0.2) is 0 Å². The largest absolute Gasteiger partial charge is 0.497 e. The smallest absolute Gasteiger partial charge is 0.133 e. The number of rotatable bonds is 14. The van der Waals surface area contributed by atoms with Crippen LogP contribution in [-0.2, 0) is 25.0 Å². The Morgan fingerprint density at radius 3 is 1.92 bits per heavy atom. The van der Waals surface area contributed by atoms with E-state index >= 15 is 0 Å². The maximum absolute atomic E-state index is 6.61. The molecule has 0 bridgehead atoms. The molecule has 0 atom stereocenters. The number of nitrogens with zero attached hydrogens (tertiary/aromatic N) is 2. The number of fused-ring (bicyclic) bond motifs is 1. The Kier molecular flexibility index (Phi) is 11.4. The van der Waals surface area contributed by atoms with Crippen molar-refractivity contribution >= 4 is 33.8 Å². The standard InChI is InChI=1S/C42H48N2O5S/c1-28(2)36-23-37(41(50)44(25-29(3)49-42(4,5)6)33-14-19-38-32(22-33)20-21-43(38)7)40(48-27-31-12-17-35(46-9)18-13-31)24-39(36)47-26-30-10-15-34(45-8)16-11-30/h10-24,28H,3,25-27H2,1-2,4-9H3. The van der Waals surface area contributed by atoms with E-state index in [9.17, 15) is 0 Å². The second-order valence-corrected chi connectivity index (χ2v) is 14.0. The average molecular weight is 693 g/mol. The van der Waals surface area contributed by atoms with Gasteiger partial charge in [-0.05, 0) is 98.0 Å². The van der Waals surface area contributed by atoms with Crippen molar-refractivity contribution in [2.45, 2.75) is 59.4 Å². The van der Waals surface area contributed by atoms with E-state index in [0.717, 1.165) is 56.1 Å². The molecule has 5 aromatic rings. The minimum atomic E-state index is -0.409. The van der Waals surface area contributed by atoms with Crippen LogP contribution >= 0.6 is 12.2 Å². The highest BCUT2D eigenvalue weighted by Crippen LogP contribution is 2.37. The van der Waals surface area contributed by atoms with Crippen LogP contribution in [0.25, 0.3) is 10.9 Å². The predicted molar refractivity (Wildman–Crippen MR) is 207 cm³/mol. The second kappa shape index (κ2) is 15.7. The third-order valence-electron chi connectivity index (χ3n) is 8.28. The zero-order valence-electron chi connectivity index (χ0n) is 30.4. The van der Waals surface area contributed by atoms with E-state index in [1.165, 1.54) is 0 Å². The fraction of sp³-hybridized carbons (Fsp3) is 0.310. The number of benzene rings is 4. The third kappa shape index (κ3) is 8.98. The van der Waals surface area contributed by atoms with Crippen LogP contribution in [0.4, 0.5) is 5.69 Å². The van der Waals surface area contributed by atoms with Gasteiger partial charge in [-0.15, -0.1) is 0 Å². The molecule has 8 heteroatoms. The lowest BCUT2D eigenvalue weighted by atomic mass is 9.98. The summed E-state index contributed by atoms with van der Waals surface area (Å²) in [4.78, 5) is 2.67. The summed E-state index contributed by atoms with van der Waals surface area (Å²) in [5.41, 5.74) is 5.48. The Hall–Kier alpha value is -4.95. The SMILES string of the molecule is C=C(CN(C(=S)c1cc(C(C)C)c(OCc2ccc(OC)cc2)cc1OCc1ccc(OC)cc1)c1ccc2c(ccn2C)c1)OC(C)(C)C. The molecule has 0 saturated carbocycles. The number of aryl methyl sites for hydroxylation is 1. The van der Waals surface area contributed by atoms with Gasteiger partial charge in [-0.1, -0.05) is 56.9 Å². The van der Waals surface area contributed by atoms with Crippen molar-refractivity contribution in [2.24, 2.45) is 7.05 Å². The highest BCUT2D eigenvalue weighted by Gasteiger charge is 2.25. The van der Waals surface area contributed by atoms with Gasteiger partial charge in [0.1, 0.15) is 52.6 Å². The third-order valence-corrected chi connectivity index (χ3v) is 8.72. The lowest BCUT2D eigenvalue weighted by molar-refractivity contribution is 0.0521. The first-order chi connectivity index (χ1) is 23.8. The Bertz CT molecular complexity index is 1940. The van der Waals surface area contributed by atoms with Gasteiger partial charge in [-0.3, -0.25) is 0 Å². The number of anilines is 1. The molecule has 1 aromatic heterocycles. The molecule has 7 nitrogen and oxygen atoms in total. The number of thiocarbonyl (C=S) groups is 1. The lowest BCUT2D eigenvalue weighted by Crippen LogP contribution is -2.34. The molecular weight excluding hydrogens is 645 g/mol. The van der Waals surface area contributed by atoms with Crippen molar-refractivity contribution in [1.29, 1.82) is 0 Å². The van der Waals surface area contributed by atoms with Gasteiger partial charge in [-0.2, -0.15) is 0 Å². The molecule has 0 N–H and O–H groups in total. The molecular formula is C42H48N2O5S. The monoisotopic (exact) mass is 692 g/mol. The van der Waals surface area contributed by atoms with Crippen molar-refractivity contribution in [3.8, 4) is 23.0 Å². The first kappa shape index (κ1) is 36.3. The molecule has 0 aliphatic heterocycles. The summed E-state index contributed by atoms with van der Waals surface area (Å²) < 4.78 is 32.1. The van der Waals surface area contributed by atoms with E-state index in [0.29, 0.717) is 36.3 Å². The Balaban J connectivity index is 1.57. The van der Waals surface area contributed by atoms with E-state index in [2.05, 4.69) is 66.4 Å². The average Bonchev–Trinajstić information content (AvgIpc) is 3.47. The summed E-state index contributed by atoms with van der Waals surface area (Å²) in [6, 6.07) is 28.3. The van der Waals surface area contributed by atoms with Crippen molar-refractivity contribution in [3.05, 3.63) is 126 Å². The summed E-state index contributed by atoms with van der Waals surface area (Å²) in [5, 5.41) is 1.11. The van der Waals surface area contributed by atoms with Crippen LogP contribution in [0.1, 0.15) is 62.8 Å². The maximum atomic E-state index is 6.61. The summed E-state index contributed by atoms with van der Waals surface area (Å²) in [6.45, 7) is 15.7. The van der Waals surface area contributed by atoms with Crippen LogP contribution in [0.15, 0.2) is 103 Å². The van der Waals surface area contributed by atoms with Crippen LogP contribution in [0.2, 0.25) is 0 Å². The fourth-order valence-electron chi connectivity index (χ4n) is 5.71. The first-order valence-corrected chi connectivity index (χ1v) is 17.2. The summed E-state index contributed by atoms with van der Waals surface area (Å²) in [5.74, 6) is 3.70.